The number of fused-ring (bicyclic) bond motifs is 3. The van der Waals surface area contributed by atoms with E-state index >= 15 is 0 Å². The van der Waals surface area contributed by atoms with E-state index in [9.17, 15) is 0 Å². The van der Waals surface area contributed by atoms with E-state index in [1.54, 1.807) is 0 Å². The monoisotopic (exact) mass is 464 g/mol. The van der Waals surface area contributed by atoms with Gasteiger partial charge in [0.25, 0.3) is 0 Å². The second-order valence-corrected chi connectivity index (χ2v) is 13.4. The maximum absolute atomic E-state index is 6.41. The predicted molar refractivity (Wildman–Crippen MR) is 150 cm³/mol. The fourth-order valence-corrected chi connectivity index (χ4v) is 8.61. The van der Waals surface area contributed by atoms with Gasteiger partial charge in [-0.15, -0.1) is 0 Å². The second kappa shape index (κ2) is 13.3. The molecule has 3 saturated carbocycles. The molecule has 3 rings (SSSR count). The van der Waals surface area contributed by atoms with Gasteiger partial charge in [-0.1, -0.05) is 83.1 Å². The van der Waals surface area contributed by atoms with E-state index in [1.807, 2.05) is 27.7 Å². The van der Waals surface area contributed by atoms with Gasteiger partial charge >= 0.3 is 0 Å². The van der Waals surface area contributed by atoms with E-state index in [0.717, 1.165) is 47.3 Å². The van der Waals surface area contributed by atoms with Gasteiger partial charge in [0.2, 0.25) is 0 Å². The third kappa shape index (κ3) is 7.24. The van der Waals surface area contributed by atoms with Crippen molar-refractivity contribution in [3.05, 3.63) is 0 Å². The van der Waals surface area contributed by atoms with Crippen LogP contribution < -0.4 is 5.73 Å². The summed E-state index contributed by atoms with van der Waals surface area (Å²) in [5.41, 5.74) is 7.44. The molecule has 9 atom stereocenters. The molecule has 0 aromatic heterocycles. The molecule has 33 heavy (non-hydrogen) atoms. The molecule has 3 aliphatic carbocycles. The Bertz CT molecular complexity index is 537. The first-order chi connectivity index (χ1) is 15.5. The van der Waals surface area contributed by atoms with Crippen molar-refractivity contribution in [1.29, 1.82) is 0 Å². The molecule has 9 unspecified atom stereocenters. The minimum Gasteiger partial charge on any atom is -0.328 e. The molecule has 0 bridgehead atoms. The Kier molecular flexibility index (Phi) is 12.5. The van der Waals surface area contributed by atoms with Crippen LogP contribution in [0.4, 0.5) is 0 Å². The highest BCUT2D eigenvalue weighted by Crippen LogP contribution is 2.62. The van der Waals surface area contributed by atoms with Crippen molar-refractivity contribution in [2.45, 2.75) is 147 Å². The van der Waals surface area contributed by atoms with Gasteiger partial charge in [0.05, 0.1) is 0 Å². The molecule has 1 heteroatoms. The molecule has 2 N–H and O–H groups in total. The molecular weight excluding hydrogens is 398 g/mol. The second-order valence-electron chi connectivity index (χ2n) is 13.4. The van der Waals surface area contributed by atoms with Crippen molar-refractivity contribution in [3.63, 3.8) is 0 Å². The highest BCUT2D eigenvalue weighted by Gasteiger charge is 2.53. The summed E-state index contributed by atoms with van der Waals surface area (Å²) in [7, 11) is 0. The number of hydrogen-bond acceptors (Lipinski definition) is 1. The van der Waals surface area contributed by atoms with Crippen LogP contribution in [0.3, 0.4) is 0 Å². The molecule has 0 saturated heterocycles. The van der Waals surface area contributed by atoms with Crippen LogP contribution in [0.5, 0.6) is 0 Å². The third-order valence-electron chi connectivity index (χ3n) is 10.7. The zero-order valence-electron chi connectivity index (χ0n) is 25.1. The molecule has 3 fully saturated rings. The Morgan fingerprint density at radius 1 is 0.818 bits per heavy atom. The lowest BCUT2D eigenvalue weighted by molar-refractivity contribution is -0.0576. The molecule has 0 amide bonds. The standard InChI is InChI=1S/C28H53N.2C2H6/c1-18(2)15-19(3)20(4)21(5)25-12-10-22-9-11-23-16-24(29)13-14-28(23,8)26(22)17-27(25,6)7;2*1-2/h18-26H,9-17,29H2,1-8H3;2*1-2H3. The maximum atomic E-state index is 6.41. The summed E-state index contributed by atoms with van der Waals surface area (Å²) in [5.74, 6) is 7.01. The summed E-state index contributed by atoms with van der Waals surface area (Å²) < 4.78 is 0. The van der Waals surface area contributed by atoms with E-state index in [2.05, 4.69) is 55.4 Å². The summed E-state index contributed by atoms with van der Waals surface area (Å²) in [6, 6.07) is 0.472. The van der Waals surface area contributed by atoms with E-state index in [1.165, 1.54) is 57.8 Å². The summed E-state index contributed by atoms with van der Waals surface area (Å²) in [4.78, 5) is 0. The molecule has 0 spiro atoms. The van der Waals surface area contributed by atoms with Crippen LogP contribution in [0.2, 0.25) is 0 Å². The topological polar surface area (TPSA) is 26.0 Å². The summed E-state index contributed by atoms with van der Waals surface area (Å²) in [5, 5.41) is 0. The van der Waals surface area contributed by atoms with E-state index in [-0.39, 0.29) is 0 Å². The number of rotatable bonds is 5. The third-order valence-corrected chi connectivity index (χ3v) is 10.7. The molecular formula is C32H65N. The van der Waals surface area contributed by atoms with Crippen molar-refractivity contribution in [2.75, 3.05) is 0 Å². The zero-order valence-corrected chi connectivity index (χ0v) is 25.1. The molecule has 0 aromatic carbocycles. The quantitative estimate of drug-likeness (QED) is 0.431. The lowest BCUT2D eigenvalue weighted by Gasteiger charge is -2.56. The molecule has 0 aromatic rings. The first-order valence-corrected chi connectivity index (χ1v) is 15.2. The number of hydrogen-bond donors (Lipinski definition) is 1. The minimum absolute atomic E-state index is 0.467. The van der Waals surface area contributed by atoms with Gasteiger partial charge in [0, 0.05) is 6.04 Å². The highest BCUT2D eigenvalue weighted by atomic mass is 14.7. The van der Waals surface area contributed by atoms with Crippen LogP contribution in [0, 0.1) is 58.2 Å². The first-order valence-electron chi connectivity index (χ1n) is 15.2. The Morgan fingerprint density at radius 2 is 1.39 bits per heavy atom. The van der Waals surface area contributed by atoms with Crippen molar-refractivity contribution in [3.8, 4) is 0 Å². The summed E-state index contributed by atoms with van der Waals surface area (Å²) in [6.07, 6.45) is 12.7. The number of nitrogens with two attached hydrogens (primary N) is 1. The van der Waals surface area contributed by atoms with E-state index < -0.39 is 0 Å². The fourth-order valence-electron chi connectivity index (χ4n) is 8.61. The van der Waals surface area contributed by atoms with Crippen LogP contribution in [0.1, 0.15) is 141 Å². The van der Waals surface area contributed by atoms with Gasteiger partial charge in [-0.2, -0.15) is 0 Å². The Balaban J connectivity index is 0.00000129. The Labute approximate surface area is 210 Å². The van der Waals surface area contributed by atoms with Gasteiger partial charge in [0.15, 0.2) is 0 Å². The average molecular weight is 464 g/mol. The zero-order chi connectivity index (χ0) is 25.6. The smallest absolute Gasteiger partial charge is 0.00418 e. The summed E-state index contributed by atoms with van der Waals surface area (Å²) >= 11 is 0. The van der Waals surface area contributed by atoms with Crippen LogP contribution >= 0.6 is 0 Å². The van der Waals surface area contributed by atoms with Gasteiger partial charge in [-0.05, 0) is 116 Å². The molecule has 0 heterocycles. The van der Waals surface area contributed by atoms with Crippen LogP contribution in [-0.4, -0.2) is 6.04 Å². The molecule has 3 aliphatic rings. The molecule has 198 valence electrons. The predicted octanol–water partition coefficient (Wildman–Crippen LogP) is 9.98. The normalized spacial score (nSPS) is 38.2. The van der Waals surface area contributed by atoms with Crippen LogP contribution in [-0.2, 0) is 0 Å². The minimum atomic E-state index is 0.467. The first kappa shape index (κ1) is 31.0. The van der Waals surface area contributed by atoms with Gasteiger partial charge in [-0.25, -0.2) is 0 Å². The van der Waals surface area contributed by atoms with Gasteiger partial charge < -0.3 is 5.73 Å². The largest absolute Gasteiger partial charge is 0.328 e. The maximum Gasteiger partial charge on any atom is 0.00418 e. The van der Waals surface area contributed by atoms with Crippen molar-refractivity contribution < 1.29 is 0 Å². The van der Waals surface area contributed by atoms with E-state index in [0.29, 0.717) is 16.9 Å². The van der Waals surface area contributed by atoms with Gasteiger partial charge in [-0.3, -0.25) is 0 Å². The SMILES string of the molecule is CC.CC.CC(C)CC(C)C(C)C(C)C1CCC2CCC3CC(N)CCC3(C)C2CC1(C)C. The Morgan fingerprint density at radius 3 is 1.97 bits per heavy atom. The Hall–Kier alpha value is -0.0400. The highest BCUT2D eigenvalue weighted by molar-refractivity contribution is 5.04. The van der Waals surface area contributed by atoms with E-state index in [4.69, 9.17) is 5.73 Å². The lowest BCUT2D eigenvalue weighted by atomic mass is 9.50. The fraction of sp³-hybridized carbons (Fsp3) is 1.00. The molecule has 0 radical (unpaired) electrons. The van der Waals surface area contributed by atoms with Crippen molar-refractivity contribution >= 4 is 0 Å². The summed E-state index contributed by atoms with van der Waals surface area (Å²) in [6.45, 7) is 28.4. The van der Waals surface area contributed by atoms with Crippen molar-refractivity contribution in [2.24, 2.45) is 63.9 Å². The average Bonchev–Trinajstić information content (AvgIpc) is 2.91. The molecule has 1 nitrogen and oxygen atoms in total. The van der Waals surface area contributed by atoms with Gasteiger partial charge in [0.1, 0.15) is 0 Å². The van der Waals surface area contributed by atoms with Crippen molar-refractivity contribution in [1.82, 2.24) is 0 Å². The van der Waals surface area contributed by atoms with Crippen LogP contribution in [0.25, 0.3) is 0 Å². The van der Waals surface area contributed by atoms with Crippen LogP contribution in [0.15, 0.2) is 0 Å². The lowest BCUT2D eigenvalue weighted by Crippen LogP contribution is -2.50. The molecule has 0 aliphatic heterocycles.